The van der Waals surface area contributed by atoms with E-state index < -0.39 is 0 Å². The summed E-state index contributed by atoms with van der Waals surface area (Å²) in [5.41, 5.74) is 0.583. The molecule has 5 heteroatoms. The minimum Gasteiger partial charge on any atom is -0.322 e. The first-order chi connectivity index (χ1) is 8.65. The van der Waals surface area contributed by atoms with Gasteiger partial charge in [0.2, 0.25) is 0 Å². The molecular weight excluding hydrogens is 251 g/mol. The Balaban J connectivity index is 1.93. The molecule has 2 aromatic rings. The summed E-state index contributed by atoms with van der Waals surface area (Å²) in [6, 6.07) is 9.41. The summed E-state index contributed by atoms with van der Waals surface area (Å²) in [4.78, 5) is 14.5. The molecule has 0 bridgehead atoms. The second kappa shape index (κ2) is 5.64. The van der Waals surface area contributed by atoms with Crippen LogP contribution >= 0.6 is 11.3 Å². The van der Waals surface area contributed by atoms with Crippen LogP contribution < -0.4 is 5.32 Å². The van der Waals surface area contributed by atoms with Crippen molar-refractivity contribution < 1.29 is 9.18 Å². The van der Waals surface area contributed by atoms with E-state index in [1.54, 1.807) is 23.3 Å². The van der Waals surface area contributed by atoms with Crippen molar-refractivity contribution in [3.05, 3.63) is 52.5 Å². The van der Waals surface area contributed by atoms with Crippen LogP contribution in [0.4, 0.5) is 14.9 Å². The molecule has 0 radical (unpaired) electrons. The van der Waals surface area contributed by atoms with Gasteiger partial charge in [-0.1, -0.05) is 6.07 Å². The number of benzene rings is 1. The third-order valence-electron chi connectivity index (χ3n) is 2.42. The minimum absolute atomic E-state index is 0.213. The Morgan fingerprint density at radius 3 is 2.67 bits per heavy atom. The van der Waals surface area contributed by atoms with Gasteiger partial charge >= 0.3 is 6.03 Å². The number of nitrogens with one attached hydrogen (secondary N) is 1. The number of carbonyl (C=O) groups is 1. The number of amides is 2. The summed E-state index contributed by atoms with van der Waals surface area (Å²) in [6.45, 7) is 0.560. The standard InChI is InChI=1S/C13H13FN2OS/c1-16(9-12-3-2-8-18-12)13(17)15-11-6-4-10(14)5-7-11/h2-8H,9H2,1H3,(H,15,17). The van der Waals surface area contributed by atoms with Crippen molar-refractivity contribution in [1.82, 2.24) is 4.90 Å². The van der Waals surface area contributed by atoms with Crippen molar-refractivity contribution in [3.63, 3.8) is 0 Å². The molecule has 0 aliphatic heterocycles. The number of thiophene rings is 1. The Morgan fingerprint density at radius 1 is 1.33 bits per heavy atom. The van der Waals surface area contributed by atoms with E-state index in [1.165, 1.54) is 24.3 Å². The number of hydrogen-bond donors (Lipinski definition) is 1. The van der Waals surface area contributed by atoms with Gasteiger partial charge in [-0.25, -0.2) is 9.18 Å². The van der Waals surface area contributed by atoms with Gasteiger partial charge in [-0.3, -0.25) is 0 Å². The number of nitrogens with zero attached hydrogens (tertiary/aromatic N) is 1. The fraction of sp³-hybridized carbons (Fsp3) is 0.154. The Bertz CT molecular complexity index is 510. The first kappa shape index (κ1) is 12.6. The molecule has 3 nitrogen and oxygen atoms in total. The molecule has 0 saturated heterocycles. The maximum Gasteiger partial charge on any atom is 0.321 e. The Kier molecular flexibility index (Phi) is 3.94. The smallest absolute Gasteiger partial charge is 0.321 e. The summed E-state index contributed by atoms with van der Waals surface area (Å²) >= 11 is 1.61. The second-order valence-electron chi connectivity index (χ2n) is 3.87. The summed E-state index contributed by atoms with van der Waals surface area (Å²) in [7, 11) is 1.72. The van der Waals surface area contributed by atoms with Crippen LogP contribution in [0.5, 0.6) is 0 Å². The van der Waals surface area contributed by atoms with Crippen molar-refractivity contribution in [2.45, 2.75) is 6.54 Å². The summed E-state index contributed by atoms with van der Waals surface area (Å²) in [5.74, 6) is -0.320. The first-order valence-corrected chi connectivity index (χ1v) is 6.33. The molecule has 2 rings (SSSR count). The molecular formula is C13H13FN2OS. The van der Waals surface area contributed by atoms with E-state index in [0.717, 1.165) is 4.88 Å². The first-order valence-electron chi connectivity index (χ1n) is 5.45. The molecule has 0 unspecified atom stereocenters. The van der Waals surface area contributed by atoms with Gasteiger partial charge in [0.05, 0.1) is 6.54 Å². The largest absolute Gasteiger partial charge is 0.322 e. The number of hydrogen-bond acceptors (Lipinski definition) is 2. The van der Waals surface area contributed by atoms with Crippen LogP contribution in [0.1, 0.15) is 4.88 Å². The van der Waals surface area contributed by atoms with Crippen LogP contribution in [0.25, 0.3) is 0 Å². The number of carbonyl (C=O) groups excluding carboxylic acids is 1. The van der Waals surface area contributed by atoms with Crippen LogP contribution in [-0.4, -0.2) is 18.0 Å². The normalized spacial score (nSPS) is 10.1. The predicted molar refractivity (Wildman–Crippen MR) is 71.2 cm³/mol. The SMILES string of the molecule is CN(Cc1cccs1)C(=O)Nc1ccc(F)cc1. The van der Waals surface area contributed by atoms with Gasteiger partial charge < -0.3 is 10.2 Å². The van der Waals surface area contributed by atoms with Gasteiger partial charge in [0.15, 0.2) is 0 Å². The Labute approximate surface area is 109 Å². The number of halogens is 1. The van der Waals surface area contributed by atoms with Crippen molar-refractivity contribution in [2.24, 2.45) is 0 Å². The van der Waals surface area contributed by atoms with E-state index >= 15 is 0 Å². The highest BCUT2D eigenvalue weighted by Crippen LogP contribution is 2.13. The van der Waals surface area contributed by atoms with Gasteiger partial charge in [-0.05, 0) is 35.7 Å². The van der Waals surface area contributed by atoms with Crippen molar-refractivity contribution in [1.29, 1.82) is 0 Å². The maximum absolute atomic E-state index is 12.7. The van der Waals surface area contributed by atoms with Gasteiger partial charge in [0, 0.05) is 17.6 Å². The van der Waals surface area contributed by atoms with E-state index in [2.05, 4.69) is 5.32 Å². The summed E-state index contributed by atoms with van der Waals surface area (Å²) in [5, 5.41) is 4.68. The molecule has 1 heterocycles. The van der Waals surface area contributed by atoms with Gasteiger partial charge in [-0.2, -0.15) is 0 Å². The average Bonchev–Trinajstić information content (AvgIpc) is 2.85. The van der Waals surface area contributed by atoms with Gasteiger partial charge in [0.25, 0.3) is 0 Å². The monoisotopic (exact) mass is 264 g/mol. The van der Waals surface area contributed by atoms with E-state index in [-0.39, 0.29) is 11.8 Å². The Morgan fingerprint density at radius 2 is 2.06 bits per heavy atom. The van der Waals surface area contributed by atoms with Crippen LogP contribution in [0.3, 0.4) is 0 Å². The third kappa shape index (κ3) is 3.30. The van der Waals surface area contributed by atoms with E-state index in [0.29, 0.717) is 12.2 Å². The lowest BCUT2D eigenvalue weighted by atomic mass is 10.3. The third-order valence-corrected chi connectivity index (χ3v) is 3.28. The lowest BCUT2D eigenvalue weighted by molar-refractivity contribution is 0.221. The molecule has 0 atom stereocenters. The van der Waals surface area contributed by atoms with Crippen LogP contribution in [0, 0.1) is 5.82 Å². The van der Waals surface area contributed by atoms with Crippen LogP contribution in [-0.2, 0) is 6.54 Å². The molecule has 94 valence electrons. The zero-order valence-electron chi connectivity index (χ0n) is 9.89. The molecule has 0 fully saturated rings. The molecule has 0 aliphatic carbocycles. The summed E-state index contributed by atoms with van der Waals surface area (Å²) < 4.78 is 12.7. The summed E-state index contributed by atoms with van der Waals surface area (Å²) in [6.07, 6.45) is 0. The highest BCUT2D eigenvalue weighted by Gasteiger charge is 2.09. The topological polar surface area (TPSA) is 32.3 Å². The number of anilines is 1. The highest BCUT2D eigenvalue weighted by atomic mass is 32.1. The lowest BCUT2D eigenvalue weighted by Crippen LogP contribution is -2.30. The lowest BCUT2D eigenvalue weighted by Gasteiger charge is -2.17. The average molecular weight is 264 g/mol. The molecule has 18 heavy (non-hydrogen) atoms. The fourth-order valence-corrected chi connectivity index (χ4v) is 2.22. The molecule has 0 spiro atoms. The van der Waals surface area contributed by atoms with Crippen LogP contribution in [0.2, 0.25) is 0 Å². The van der Waals surface area contributed by atoms with Crippen LogP contribution in [0.15, 0.2) is 41.8 Å². The maximum atomic E-state index is 12.7. The quantitative estimate of drug-likeness (QED) is 0.903. The Hall–Kier alpha value is -1.88. The van der Waals surface area contributed by atoms with Crippen molar-refractivity contribution in [3.8, 4) is 0 Å². The fourth-order valence-electron chi connectivity index (χ4n) is 1.46. The zero-order valence-corrected chi connectivity index (χ0v) is 10.7. The zero-order chi connectivity index (χ0) is 13.0. The number of rotatable bonds is 3. The number of urea groups is 1. The van der Waals surface area contributed by atoms with E-state index in [1.807, 2.05) is 17.5 Å². The van der Waals surface area contributed by atoms with Crippen molar-refractivity contribution >= 4 is 23.1 Å². The highest BCUT2D eigenvalue weighted by molar-refractivity contribution is 7.09. The molecule has 0 saturated carbocycles. The van der Waals surface area contributed by atoms with E-state index in [4.69, 9.17) is 0 Å². The molecule has 1 aromatic carbocycles. The van der Waals surface area contributed by atoms with Gasteiger partial charge in [-0.15, -0.1) is 11.3 Å². The second-order valence-corrected chi connectivity index (χ2v) is 4.90. The van der Waals surface area contributed by atoms with E-state index in [9.17, 15) is 9.18 Å². The molecule has 1 N–H and O–H groups in total. The van der Waals surface area contributed by atoms with Gasteiger partial charge in [0.1, 0.15) is 5.82 Å². The van der Waals surface area contributed by atoms with Crippen molar-refractivity contribution in [2.75, 3.05) is 12.4 Å². The molecule has 2 amide bonds. The molecule has 0 aliphatic rings. The minimum atomic E-state index is -0.320. The molecule has 1 aromatic heterocycles. The predicted octanol–water partition coefficient (Wildman–Crippen LogP) is 3.55.